The van der Waals surface area contributed by atoms with Gasteiger partial charge < -0.3 is 14.3 Å². The number of aromatic hydroxyl groups is 1. The maximum absolute atomic E-state index is 9.15. The van der Waals surface area contributed by atoms with Crippen LogP contribution in [0.25, 0.3) is 11.1 Å². The van der Waals surface area contributed by atoms with Gasteiger partial charge in [0, 0.05) is 13.2 Å². The SMILES string of the molecule is COCc1nc2ccc(O)cc2o1. The van der Waals surface area contributed by atoms with Crippen LogP contribution < -0.4 is 0 Å². The lowest BCUT2D eigenvalue weighted by Gasteiger charge is -1.88. The fourth-order valence-corrected chi connectivity index (χ4v) is 1.15. The summed E-state index contributed by atoms with van der Waals surface area (Å²) in [5, 5.41) is 9.15. The van der Waals surface area contributed by atoms with Crippen LogP contribution in [0.1, 0.15) is 5.89 Å². The van der Waals surface area contributed by atoms with E-state index < -0.39 is 0 Å². The highest BCUT2D eigenvalue weighted by atomic mass is 16.5. The Hall–Kier alpha value is -1.55. The van der Waals surface area contributed by atoms with Crippen molar-refractivity contribution in [2.24, 2.45) is 0 Å². The number of fused-ring (bicyclic) bond motifs is 1. The van der Waals surface area contributed by atoms with E-state index >= 15 is 0 Å². The zero-order chi connectivity index (χ0) is 9.26. The molecule has 0 aliphatic carbocycles. The summed E-state index contributed by atoms with van der Waals surface area (Å²) < 4.78 is 10.2. The quantitative estimate of drug-likeness (QED) is 0.762. The molecule has 0 atom stereocenters. The molecule has 0 saturated carbocycles. The molecule has 2 aromatic rings. The lowest BCUT2D eigenvalue weighted by molar-refractivity contribution is 0.161. The molecule has 0 radical (unpaired) electrons. The Morgan fingerprint density at radius 2 is 2.38 bits per heavy atom. The number of oxazole rings is 1. The summed E-state index contributed by atoms with van der Waals surface area (Å²) in [5.74, 6) is 0.690. The van der Waals surface area contributed by atoms with Gasteiger partial charge >= 0.3 is 0 Å². The van der Waals surface area contributed by atoms with E-state index in [1.807, 2.05) is 0 Å². The van der Waals surface area contributed by atoms with Crippen LogP contribution in [0.3, 0.4) is 0 Å². The molecule has 1 heterocycles. The number of nitrogens with zero attached hydrogens (tertiary/aromatic N) is 1. The van der Waals surface area contributed by atoms with Gasteiger partial charge in [-0.2, -0.15) is 0 Å². The molecule has 2 rings (SSSR count). The van der Waals surface area contributed by atoms with E-state index in [0.29, 0.717) is 18.1 Å². The molecular formula is C9H9NO3. The van der Waals surface area contributed by atoms with E-state index in [4.69, 9.17) is 14.3 Å². The summed E-state index contributed by atoms with van der Waals surface area (Å²) in [4.78, 5) is 4.14. The highest BCUT2D eigenvalue weighted by Gasteiger charge is 2.04. The number of phenols is 1. The molecule has 0 spiro atoms. The summed E-state index contributed by atoms with van der Waals surface area (Å²) in [6.45, 7) is 0.343. The second kappa shape index (κ2) is 3.06. The Balaban J connectivity index is 2.49. The Labute approximate surface area is 74.8 Å². The minimum Gasteiger partial charge on any atom is -0.508 e. The van der Waals surface area contributed by atoms with Crippen LogP contribution in [0, 0.1) is 0 Å². The maximum Gasteiger partial charge on any atom is 0.221 e. The van der Waals surface area contributed by atoms with Crippen molar-refractivity contribution in [2.45, 2.75) is 6.61 Å². The number of benzene rings is 1. The van der Waals surface area contributed by atoms with E-state index in [0.717, 1.165) is 5.52 Å². The summed E-state index contributed by atoms with van der Waals surface area (Å²) in [7, 11) is 1.58. The third-order valence-electron chi connectivity index (χ3n) is 1.68. The third-order valence-corrected chi connectivity index (χ3v) is 1.68. The monoisotopic (exact) mass is 179 g/mol. The Bertz CT molecular complexity index is 422. The molecule has 0 aliphatic heterocycles. The molecule has 4 nitrogen and oxygen atoms in total. The van der Waals surface area contributed by atoms with Crippen molar-refractivity contribution in [3.8, 4) is 5.75 Å². The Kier molecular flexibility index (Phi) is 1.90. The molecule has 0 aliphatic rings. The number of rotatable bonds is 2. The molecule has 0 saturated heterocycles. The largest absolute Gasteiger partial charge is 0.508 e. The normalized spacial score (nSPS) is 10.8. The second-order valence-corrected chi connectivity index (χ2v) is 2.69. The molecular weight excluding hydrogens is 170 g/mol. The van der Waals surface area contributed by atoms with E-state index in [1.165, 1.54) is 6.07 Å². The first-order valence-corrected chi connectivity index (χ1v) is 3.87. The zero-order valence-corrected chi connectivity index (χ0v) is 7.15. The number of aromatic nitrogens is 1. The van der Waals surface area contributed by atoms with E-state index in [1.54, 1.807) is 19.2 Å². The lowest BCUT2D eigenvalue weighted by atomic mass is 10.3. The highest BCUT2D eigenvalue weighted by molar-refractivity contribution is 5.74. The van der Waals surface area contributed by atoms with Crippen molar-refractivity contribution in [3.05, 3.63) is 24.1 Å². The van der Waals surface area contributed by atoms with Gasteiger partial charge in [0.1, 0.15) is 17.9 Å². The van der Waals surface area contributed by atoms with Gasteiger partial charge in [0.15, 0.2) is 5.58 Å². The Morgan fingerprint density at radius 3 is 3.15 bits per heavy atom. The second-order valence-electron chi connectivity index (χ2n) is 2.69. The minimum atomic E-state index is 0.174. The predicted octanol–water partition coefficient (Wildman–Crippen LogP) is 1.68. The van der Waals surface area contributed by atoms with Gasteiger partial charge in [0.05, 0.1) is 0 Å². The first kappa shape index (κ1) is 8.07. The summed E-state index contributed by atoms with van der Waals surface area (Å²) in [6, 6.07) is 4.80. The van der Waals surface area contributed by atoms with Crippen molar-refractivity contribution < 1.29 is 14.3 Å². The van der Waals surface area contributed by atoms with Gasteiger partial charge in [-0.3, -0.25) is 0 Å². The maximum atomic E-state index is 9.15. The fourth-order valence-electron chi connectivity index (χ4n) is 1.15. The first-order chi connectivity index (χ1) is 6.29. The lowest BCUT2D eigenvalue weighted by Crippen LogP contribution is -1.85. The summed E-state index contributed by atoms with van der Waals surface area (Å²) in [6.07, 6.45) is 0. The zero-order valence-electron chi connectivity index (χ0n) is 7.15. The minimum absolute atomic E-state index is 0.174. The number of hydrogen-bond donors (Lipinski definition) is 1. The van der Waals surface area contributed by atoms with Crippen LogP contribution in [-0.4, -0.2) is 17.2 Å². The number of phenolic OH excluding ortho intramolecular Hbond substituents is 1. The molecule has 1 N–H and O–H groups in total. The van der Waals surface area contributed by atoms with Crippen molar-refractivity contribution >= 4 is 11.1 Å². The van der Waals surface area contributed by atoms with Gasteiger partial charge in [0.2, 0.25) is 5.89 Å². The molecule has 68 valence electrons. The van der Waals surface area contributed by atoms with Gasteiger partial charge in [-0.25, -0.2) is 4.98 Å². The molecule has 4 heteroatoms. The van der Waals surface area contributed by atoms with Crippen molar-refractivity contribution in [1.82, 2.24) is 4.98 Å². The molecule has 0 fully saturated rings. The summed E-state index contributed by atoms with van der Waals surface area (Å²) >= 11 is 0. The van der Waals surface area contributed by atoms with Crippen molar-refractivity contribution in [3.63, 3.8) is 0 Å². The van der Waals surface area contributed by atoms with Crippen LogP contribution in [0.15, 0.2) is 22.6 Å². The van der Waals surface area contributed by atoms with Crippen LogP contribution in [0.2, 0.25) is 0 Å². The topological polar surface area (TPSA) is 55.5 Å². The molecule has 1 aromatic heterocycles. The van der Waals surface area contributed by atoms with Crippen molar-refractivity contribution in [2.75, 3.05) is 7.11 Å². The van der Waals surface area contributed by atoms with Crippen LogP contribution in [0.5, 0.6) is 5.75 Å². The first-order valence-electron chi connectivity index (χ1n) is 3.87. The van der Waals surface area contributed by atoms with Crippen LogP contribution in [-0.2, 0) is 11.3 Å². The standard InChI is InChI=1S/C9H9NO3/c1-12-5-9-10-7-3-2-6(11)4-8(7)13-9/h2-4,11H,5H2,1H3. The number of hydrogen-bond acceptors (Lipinski definition) is 4. The van der Waals surface area contributed by atoms with Gasteiger partial charge in [-0.1, -0.05) is 0 Å². The Morgan fingerprint density at radius 1 is 1.54 bits per heavy atom. The molecule has 0 amide bonds. The summed E-state index contributed by atoms with van der Waals surface area (Å²) in [5.41, 5.74) is 1.30. The van der Waals surface area contributed by atoms with E-state index in [-0.39, 0.29) is 5.75 Å². The van der Waals surface area contributed by atoms with Crippen LogP contribution in [0.4, 0.5) is 0 Å². The fraction of sp³-hybridized carbons (Fsp3) is 0.222. The predicted molar refractivity (Wildman–Crippen MR) is 46.4 cm³/mol. The highest BCUT2D eigenvalue weighted by Crippen LogP contribution is 2.20. The van der Waals surface area contributed by atoms with Crippen molar-refractivity contribution in [1.29, 1.82) is 0 Å². The molecule has 0 unspecified atom stereocenters. The third kappa shape index (κ3) is 1.48. The van der Waals surface area contributed by atoms with E-state index in [2.05, 4.69) is 4.98 Å². The number of ether oxygens (including phenoxy) is 1. The van der Waals surface area contributed by atoms with E-state index in [9.17, 15) is 0 Å². The van der Waals surface area contributed by atoms with Gasteiger partial charge in [0.25, 0.3) is 0 Å². The smallest absolute Gasteiger partial charge is 0.221 e. The van der Waals surface area contributed by atoms with Crippen LogP contribution >= 0.6 is 0 Å². The average Bonchev–Trinajstić information content (AvgIpc) is 2.46. The van der Waals surface area contributed by atoms with Gasteiger partial charge in [-0.05, 0) is 12.1 Å². The average molecular weight is 179 g/mol. The number of methoxy groups -OCH3 is 1. The molecule has 0 bridgehead atoms. The molecule has 1 aromatic carbocycles. The molecule has 13 heavy (non-hydrogen) atoms. The van der Waals surface area contributed by atoms with Gasteiger partial charge in [-0.15, -0.1) is 0 Å².